The second-order valence-electron chi connectivity index (χ2n) is 7.97. The van der Waals surface area contributed by atoms with Crippen LogP contribution in [0.5, 0.6) is 0 Å². The summed E-state index contributed by atoms with van der Waals surface area (Å²) >= 11 is 0. The van der Waals surface area contributed by atoms with Gasteiger partial charge in [0.25, 0.3) is 0 Å². The third-order valence-electron chi connectivity index (χ3n) is 4.04. The first-order chi connectivity index (χ1) is 7.67. The van der Waals surface area contributed by atoms with Crippen molar-refractivity contribution in [2.75, 3.05) is 13.1 Å². The van der Waals surface area contributed by atoms with Gasteiger partial charge in [-0.1, -0.05) is 20.8 Å². The van der Waals surface area contributed by atoms with Crippen LogP contribution < -0.4 is 0 Å². The lowest BCUT2D eigenvalue weighted by molar-refractivity contribution is -0.134. The highest BCUT2D eigenvalue weighted by Gasteiger charge is 2.46. The predicted molar refractivity (Wildman–Crippen MR) is 72.2 cm³/mol. The second-order valence-corrected chi connectivity index (χ2v) is 7.97. The minimum Gasteiger partial charge on any atom is -0.370 e. The molecule has 0 radical (unpaired) electrons. The van der Waals surface area contributed by atoms with E-state index in [2.05, 4.69) is 46.4 Å². The summed E-state index contributed by atoms with van der Waals surface area (Å²) in [5, 5.41) is 0. The van der Waals surface area contributed by atoms with Gasteiger partial charge < -0.3 is 4.74 Å². The highest BCUT2D eigenvalue weighted by molar-refractivity contribution is 4.99. The molecule has 4 atom stereocenters. The average Bonchev–Trinajstić information content (AvgIpc) is 2.71. The van der Waals surface area contributed by atoms with Gasteiger partial charge in [-0.05, 0) is 51.5 Å². The van der Waals surface area contributed by atoms with Gasteiger partial charge in [-0.3, -0.25) is 4.90 Å². The van der Waals surface area contributed by atoms with E-state index in [-0.39, 0.29) is 11.0 Å². The van der Waals surface area contributed by atoms with E-state index >= 15 is 0 Å². The Morgan fingerprint density at radius 3 is 2.12 bits per heavy atom. The minimum absolute atomic E-state index is 0.0408. The summed E-state index contributed by atoms with van der Waals surface area (Å²) in [7, 11) is 0. The lowest BCUT2D eigenvalue weighted by atomic mass is 9.81. The van der Waals surface area contributed by atoms with Crippen LogP contribution in [-0.2, 0) is 4.74 Å². The molecule has 0 aromatic heterocycles. The topological polar surface area (TPSA) is 12.5 Å². The lowest BCUT2D eigenvalue weighted by Crippen LogP contribution is -2.50. The number of piperidine rings is 1. The molecular formula is C15H29NO. The van der Waals surface area contributed by atoms with Gasteiger partial charge in [0.2, 0.25) is 0 Å². The highest BCUT2D eigenvalue weighted by Crippen LogP contribution is 2.41. The van der Waals surface area contributed by atoms with Crippen molar-refractivity contribution in [3.63, 3.8) is 0 Å². The molecule has 2 heteroatoms. The Hall–Kier alpha value is -0.0800. The van der Waals surface area contributed by atoms with E-state index in [4.69, 9.17) is 4.74 Å². The molecule has 100 valence electrons. The minimum atomic E-state index is -0.0408. The number of rotatable bonds is 2. The summed E-state index contributed by atoms with van der Waals surface area (Å²) in [5.74, 6) is 0.938. The Kier molecular flexibility index (Phi) is 3.33. The van der Waals surface area contributed by atoms with Gasteiger partial charge >= 0.3 is 0 Å². The average molecular weight is 239 g/mol. The molecule has 2 fully saturated rings. The molecule has 0 aromatic rings. The molecule has 2 aliphatic heterocycles. The largest absolute Gasteiger partial charge is 0.370 e. The molecule has 0 N–H and O–H groups in total. The molecule has 2 saturated heterocycles. The van der Waals surface area contributed by atoms with E-state index in [0.29, 0.717) is 12.1 Å². The molecule has 2 aliphatic rings. The van der Waals surface area contributed by atoms with Gasteiger partial charge in [0.15, 0.2) is 0 Å². The van der Waals surface area contributed by atoms with Crippen molar-refractivity contribution in [2.24, 2.45) is 11.3 Å². The van der Waals surface area contributed by atoms with E-state index in [1.54, 1.807) is 0 Å². The van der Waals surface area contributed by atoms with Crippen molar-refractivity contribution in [3.05, 3.63) is 0 Å². The Morgan fingerprint density at radius 1 is 1.12 bits per heavy atom. The zero-order valence-electron chi connectivity index (χ0n) is 12.4. The third kappa shape index (κ3) is 3.03. The standard InChI is InChI=1S/C15H29NO/c1-14(2,3)13(17-15(4,5)6)12-9-11-7-8-16(12)10-11/h11-13H,7-10H2,1-6H3/t11?,12-,13?/m0/s1. The molecule has 2 nitrogen and oxygen atoms in total. The van der Waals surface area contributed by atoms with Crippen molar-refractivity contribution in [1.29, 1.82) is 0 Å². The van der Waals surface area contributed by atoms with E-state index < -0.39 is 0 Å². The maximum atomic E-state index is 6.40. The maximum Gasteiger partial charge on any atom is 0.0785 e. The number of hydrogen-bond acceptors (Lipinski definition) is 2. The quantitative estimate of drug-likeness (QED) is 0.733. The molecule has 3 unspecified atom stereocenters. The number of ether oxygens (including phenoxy) is 1. The molecule has 17 heavy (non-hydrogen) atoms. The lowest BCUT2D eigenvalue weighted by Gasteiger charge is -2.43. The summed E-state index contributed by atoms with van der Waals surface area (Å²) in [6.45, 7) is 16.1. The fourth-order valence-corrected chi connectivity index (χ4v) is 3.38. The van der Waals surface area contributed by atoms with Gasteiger partial charge in [-0.25, -0.2) is 0 Å². The monoisotopic (exact) mass is 239 g/mol. The van der Waals surface area contributed by atoms with E-state index in [1.807, 2.05) is 0 Å². The van der Waals surface area contributed by atoms with Crippen molar-refractivity contribution in [2.45, 2.75) is 72.1 Å². The van der Waals surface area contributed by atoms with Crippen LogP contribution in [0.1, 0.15) is 54.4 Å². The van der Waals surface area contributed by atoms with E-state index in [9.17, 15) is 0 Å². The number of fused-ring (bicyclic) bond motifs is 2. The van der Waals surface area contributed by atoms with Crippen LogP contribution in [0.15, 0.2) is 0 Å². The smallest absolute Gasteiger partial charge is 0.0785 e. The van der Waals surface area contributed by atoms with Crippen LogP contribution in [0.25, 0.3) is 0 Å². The van der Waals surface area contributed by atoms with Gasteiger partial charge in [-0.15, -0.1) is 0 Å². The fourth-order valence-electron chi connectivity index (χ4n) is 3.38. The van der Waals surface area contributed by atoms with Crippen molar-refractivity contribution in [3.8, 4) is 0 Å². The summed E-state index contributed by atoms with van der Waals surface area (Å²) in [6, 6.07) is 0.646. The van der Waals surface area contributed by atoms with Crippen molar-refractivity contribution >= 4 is 0 Å². The molecule has 0 aliphatic carbocycles. The summed E-state index contributed by atoms with van der Waals surface area (Å²) in [5.41, 5.74) is 0.184. The second kappa shape index (κ2) is 4.24. The van der Waals surface area contributed by atoms with Crippen molar-refractivity contribution in [1.82, 2.24) is 4.90 Å². The molecule has 0 aromatic carbocycles. The molecule has 0 amide bonds. The number of nitrogens with zero attached hydrogens (tertiary/aromatic N) is 1. The predicted octanol–water partition coefficient (Wildman–Crippen LogP) is 3.31. The first kappa shape index (κ1) is 13.4. The van der Waals surface area contributed by atoms with Gasteiger partial charge in [-0.2, -0.15) is 0 Å². The van der Waals surface area contributed by atoms with Gasteiger partial charge in [0, 0.05) is 12.6 Å². The van der Waals surface area contributed by atoms with Gasteiger partial charge in [0.05, 0.1) is 11.7 Å². The van der Waals surface area contributed by atoms with Crippen LogP contribution in [0.4, 0.5) is 0 Å². The molecule has 2 bridgehead atoms. The Morgan fingerprint density at radius 2 is 1.76 bits per heavy atom. The fraction of sp³-hybridized carbons (Fsp3) is 1.00. The van der Waals surface area contributed by atoms with Gasteiger partial charge in [0.1, 0.15) is 0 Å². The SMILES string of the molecule is CC(C)(C)OC([C@@H]1CC2CCN1C2)C(C)(C)C. The van der Waals surface area contributed by atoms with Crippen LogP contribution in [-0.4, -0.2) is 35.7 Å². The molecule has 2 heterocycles. The Balaban J connectivity index is 2.11. The zero-order chi connectivity index (χ0) is 12.8. The summed E-state index contributed by atoms with van der Waals surface area (Å²) in [6.07, 6.45) is 3.11. The molecular weight excluding hydrogens is 210 g/mol. The molecule has 2 rings (SSSR count). The normalized spacial score (nSPS) is 35.3. The molecule has 0 saturated carbocycles. The van der Waals surface area contributed by atoms with Crippen LogP contribution >= 0.6 is 0 Å². The van der Waals surface area contributed by atoms with Crippen molar-refractivity contribution < 1.29 is 4.74 Å². The first-order valence-corrected chi connectivity index (χ1v) is 7.09. The van der Waals surface area contributed by atoms with E-state index in [1.165, 1.54) is 25.9 Å². The van der Waals surface area contributed by atoms with Crippen LogP contribution in [0.3, 0.4) is 0 Å². The zero-order valence-corrected chi connectivity index (χ0v) is 12.4. The third-order valence-corrected chi connectivity index (χ3v) is 4.04. The van der Waals surface area contributed by atoms with Crippen LogP contribution in [0, 0.1) is 11.3 Å². The number of hydrogen-bond donors (Lipinski definition) is 0. The molecule has 0 spiro atoms. The highest BCUT2D eigenvalue weighted by atomic mass is 16.5. The maximum absolute atomic E-state index is 6.40. The Labute approximate surface area is 107 Å². The van der Waals surface area contributed by atoms with Crippen LogP contribution in [0.2, 0.25) is 0 Å². The van der Waals surface area contributed by atoms with E-state index in [0.717, 1.165) is 5.92 Å². The summed E-state index contributed by atoms with van der Waals surface area (Å²) < 4.78 is 6.40. The Bertz CT molecular complexity index is 274. The summed E-state index contributed by atoms with van der Waals surface area (Å²) in [4.78, 5) is 2.66. The first-order valence-electron chi connectivity index (χ1n) is 7.09.